The maximum absolute atomic E-state index is 12.8. The van der Waals surface area contributed by atoms with Crippen LogP contribution in [0.1, 0.15) is 17.3 Å². The maximum Gasteiger partial charge on any atom is 0.338 e. The van der Waals surface area contributed by atoms with Gasteiger partial charge in [0.25, 0.3) is 21.6 Å². The zero-order chi connectivity index (χ0) is 24.9. The van der Waals surface area contributed by atoms with Crippen molar-refractivity contribution in [3.8, 4) is 0 Å². The lowest BCUT2D eigenvalue weighted by Gasteiger charge is -2.19. The van der Waals surface area contributed by atoms with Crippen molar-refractivity contribution >= 4 is 39.0 Å². The van der Waals surface area contributed by atoms with Gasteiger partial charge in [-0.15, -0.1) is 0 Å². The van der Waals surface area contributed by atoms with E-state index < -0.39 is 32.9 Å². The predicted molar refractivity (Wildman–Crippen MR) is 125 cm³/mol. The number of nitro groups is 1. The Kier molecular flexibility index (Phi) is 7.27. The molecule has 1 amide bonds. The van der Waals surface area contributed by atoms with Crippen LogP contribution < -0.4 is 9.62 Å². The third-order valence-electron chi connectivity index (χ3n) is 4.85. The van der Waals surface area contributed by atoms with E-state index in [1.54, 1.807) is 30.3 Å². The summed E-state index contributed by atoms with van der Waals surface area (Å²) in [5, 5.41) is 13.3. The van der Waals surface area contributed by atoms with Crippen molar-refractivity contribution in [1.29, 1.82) is 0 Å². The van der Waals surface area contributed by atoms with Crippen LogP contribution in [-0.2, 0) is 19.6 Å². The van der Waals surface area contributed by atoms with E-state index in [0.29, 0.717) is 5.69 Å². The summed E-state index contributed by atoms with van der Waals surface area (Å²) in [4.78, 5) is 35.0. The molecule has 3 aromatic rings. The number of benzene rings is 3. The zero-order valence-electron chi connectivity index (χ0n) is 18.2. The fraction of sp³-hybridized carbons (Fsp3) is 0.130. The topological polar surface area (TPSA) is 136 Å². The SMILES string of the molecule is C[C@@H](OC(=O)c1ccc(S(=O)(=O)N(C)c2ccccc2)cc1)C(=O)Nc1cccc([N+](=O)[O-])c1. The summed E-state index contributed by atoms with van der Waals surface area (Å²) in [7, 11) is -2.42. The van der Waals surface area contributed by atoms with Gasteiger partial charge in [0.05, 0.1) is 21.1 Å². The molecule has 34 heavy (non-hydrogen) atoms. The van der Waals surface area contributed by atoms with Crippen molar-refractivity contribution in [2.24, 2.45) is 0 Å². The van der Waals surface area contributed by atoms with Crippen LogP contribution in [0.4, 0.5) is 17.1 Å². The average Bonchev–Trinajstić information content (AvgIpc) is 2.84. The molecule has 10 nitrogen and oxygen atoms in total. The van der Waals surface area contributed by atoms with Crippen molar-refractivity contribution in [2.45, 2.75) is 17.9 Å². The molecule has 0 fully saturated rings. The summed E-state index contributed by atoms with van der Waals surface area (Å²) in [6.07, 6.45) is -1.21. The summed E-state index contributed by atoms with van der Waals surface area (Å²) >= 11 is 0. The molecule has 11 heteroatoms. The quantitative estimate of drug-likeness (QED) is 0.294. The van der Waals surface area contributed by atoms with E-state index in [1.165, 1.54) is 62.5 Å². The number of carbonyl (C=O) groups excluding carboxylic acids is 2. The van der Waals surface area contributed by atoms with Crippen LogP contribution in [-0.4, -0.2) is 38.4 Å². The monoisotopic (exact) mass is 483 g/mol. The number of amides is 1. The Balaban J connectivity index is 1.65. The molecule has 0 unspecified atom stereocenters. The number of nitrogens with one attached hydrogen (secondary N) is 1. The summed E-state index contributed by atoms with van der Waals surface area (Å²) in [6.45, 7) is 1.35. The number of sulfonamides is 1. The van der Waals surface area contributed by atoms with E-state index in [0.717, 1.165) is 4.31 Å². The summed E-state index contributed by atoms with van der Waals surface area (Å²) in [6, 6.07) is 19.0. The number of hydrogen-bond donors (Lipinski definition) is 1. The van der Waals surface area contributed by atoms with Gasteiger partial charge in [-0.3, -0.25) is 19.2 Å². The molecule has 0 aliphatic carbocycles. The number of esters is 1. The van der Waals surface area contributed by atoms with Crippen molar-refractivity contribution in [2.75, 3.05) is 16.7 Å². The first-order valence-electron chi connectivity index (χ1n) is 10.00. The summed E-state index contributed by atoms with van der Waals surface area (Å²) < 4.78 is 31.9. The Morgan fingerprint density at radius 1 is 1.00 bits per heavy atom. The fourth-order valence-corrected chi connectivity index (χ4v) is 4.12. The first-order chi connectivity index (χ1) is 16.1. The molecule has 0 spiro atoms. The molecule has 3 aromatic carbocycles. The second kappa shape index (κ2) is 10.1. The first-order valence-corrected chi connectivity index (χ1v) is 11.4. The molecule has 176 valence electrons. The highest BCUT2D eigenvalue weighted by Crippen LogP contribution is 2.22. The van der Waals surface area contributed by atoms with Crippen molar-refractivity contribution in [3.05, 3.63) is 94.5 Å². The number of hydrogen-bond acceptors (Lipinski definition) is 7. The van der Waals surface area contributed by atoms with E-state index in [9.17, 15) is 28.1 Å². The molecule has 0 saturated heterocycles. The lowest BCUT2D eigenvalue weighted by Crippen LogP contribution is -2.30. The summed E-state index contributed by atoms with van der Waals surface area (Å²) in [5.74, 6) is -1.51. The highest BCUT2D eigenvalue weighted by Gasteiger charge is 2.23. The molecule has 0 saturated carbocycles. The minimum Gasteiger partial charge on any atom is -0.449 e. The Labute approximate surface area is 196 Å². The van der Waals surface area contributed by atoms with E-state index in [1.807, 2.05) is 0 Å². The highest BCUT2D eigenvalue weighted by atomic mass is 32.2. The highest BCUT2D eigenvalue weighted by molar-refractivity contribution is 7.92. The normalized spacial score (nSPS) is 11.8. The largest absolute Gasteiger partial charge is 0.449 e. The maximum atomic E-state index is 12.8. The molecule has 0 heterocycles. The standard InChI is InChI=1S/C23H21N3O7S/c1-16(22(27)24-18-7-6-10-20(15-18)26(29)30)33-23(28)17-11-13-21(14-12-17)34(31,32)25(2)19-8-4-3-5-9-19/h3-16H,1-2H3,(H,24,27)/t16-/m1/s1. The van der Waals surface area contributed by atoms with Gasteiger partial charge in [-0.25, -0.2) is 13.2 Å². The van der Waals surface area contributed by atoms with Gasteiger partial charge in [-0.2, -0.15) is 0 Å². The molecule has 0 bridgehead atoms. The third kappa shape index (κ3) is 5.56. The molecule has 3 rings (SSSR count). The predicted octanol–water partition coefficient (Wildman–Crippen LogP) is 3.60. The number of rotatable bonds is 8. The number of ether oxygens (including phenoxy) is 1. The minimum absolute atomic E-state index is 0.0214. The van der Waals surface area contributed by atoms with Gasteiger partial charge in [0, 0.05) is 24.9 Å². The number of non-ortho nitro benzene ring substituents is 1. The van der Waals surface area contributed by atoms with E-state index in [4.69, 9.17) is 4.74 Å². The van der Waals surface area contributed by atoms with Crippen molar-refractivity contribution in [1.82, 2.24) is 0 Å². The molecule has 0 radical (unpaired) electrons. The number of para-hydroxylation sites is 1. The van der Waals surface area contributed by atoms with Crippen LogP contribution in [0.3, 0.4) is 0 Å². The lowest BCUT2D eigenvalue weighted by molar-refractivity contribution is -0.384. The Morgan fingerprint density at radius 3 is 2.26 bits per heavy atom. The van der Waals surface area contributed by atoms with Gasteiger partial charge < -0.3 is 10.1 Å². The fourth-order valence-electron chi connectivity index (χ4n) is 2.92. The van der Waals surface area contributed by atoms with Crippen LogP contribution in [0.2, 0.25) is 0 Å². The van der Waals surface area contributed by atoms with E-state index >= 15 is 0 Å². The molecular formula is C23H21N3O7S. The number of nitro benzene ring substituents is 1. The van der Waals surface area contributed by atoms with Crippen LogP contribution in [0.15, 0.2) is 83.8 Å². The van der Waals surface area contributed by atoms with Gasteiger partial charge in [-0.05, 0) is 49.4 Å². The molecule has 1 N–H and O–H groups in total. The number of carbonyl (C=O) groups is 2. The van der Waals surface area contributed by atoms with Gasteiger partial charge in [-0.1, -0.05) is 24.3 Å². The van der Waals surface area contributed by atoms with Crippen LogP contribution in [0.5, 0.6) is 0 Å². The molecule has 0 aromatic heterocycles. The van der Waals surface area contributed by atoms with Crippen LogP contribution >= 0.6 is 0 Å². The van der Waals surface area contributed by atoms with Gasteiger partial charge >= 0.3 is 5.97 Å². The molecular weight excluding hydrogens is 462 g/mol. The lowest BCUT2D eigenvalue weighted by atomic mass is 10.2. The van der Waals surface area contributed by atoms with Gasteiger partial charge in [0.2, 0.25) is 0 Å². The summed E-state index contributed by atoms with van der Waals surface area (Å²) in [5.41, 5.74) is 0.514. The Morgan fingerprint density at radius 2 is 1.65 bits per heavy atom. The molecule has 1 atom stereocenters. The van der Waals surface area contributed by atoms with Crippen LogP contribution in [0.25, 0.3) is 0 Å². The Bertz CT molecular complexity index is 1310. The zero-order valence-corrected chi connectivity index (χ0v) is 19.1. The second-order valence-electron chi connectivity index (χ2n) is 7.18. The Hall–Kier alpha value is -4.25. The van der Waals surface area contributed by atoms with Crippen LogP contribution in [0, 0.1) is 10.1 Å². The van der Waals surface area contributed by atoms with Crippen molar-refractivity contribution < 1.29 is 27.7 Å². The van der Waals surface area contributed by atoms with Crippen molar-refractivity contribution in [3.63, 3.8) is 0 Å². The molecule has 0 aliphatic heterocycles. The minimum atomic E-state index is -3.85. The average molecular weight is 484 g/mol. The van der Waals surface area contributed by atoms with E-state index in [2.05, 4.69) is 5.32 Å². The third-order valence-corrected chi connectivity index (χ3v) is 6.65. The van der Waals surface area contributed by atoms with E-state index in [-0.39, 0.29) is 21.8 Å². The molecule has 0 aliphatic rings. The first kappa shape index (κ1) is 24.4. The number of nitrogens with zero attached hydrogens (tertiary/aromatic N) is 2. The second-order valence-corrected chi connectivity index (χ2v) is 9.15. The smallest absolute Gasteiger partial charge is 0.338 e. The van der Waals surface area contributed by atoms with Gasteiger partial charge in [0.1, 0.15) is 0 Å². The van der Waals surface area contributed by atoms with Gasteiger partial charge in [0.15, 0.2) is 6.10 Å². The number of anilines is 2.